The number of methoxy groups -OCH3 is 2. The van der Waals surface area contributed by atoms with Crippen molar-refractivity contribution in [1.29, 1.82) is 0 Å². The van der Waals surface area contributed by atoms with Crippen molar-refractivity contribution in [3.63, 3.8) is 0 Å². The smallest absolute Gasteiger partial charge is 0.314 e. The molecule has 0 spiro atoms. The fraction of sp³-hybridized carbons (Fsp3) is 0.278. The fourth-order valence-electron chi connectivity index (χ4n) is 8.33. The molecule has 5 heteroatoms. The van der Waals surface area contributed by atoms with E-state index >= 15 is 0 Å². The van der Waals surface area contributed by atoms with E-state index in [1.807, 2.05) is 29.2 Å². The van der Waals surface area contributed by atoms with Gasteiger partial charge in [-0.3, -0.25) is 9.59 Å². The first-order valence-corrected chi connectivity index (χ1v) is 14.3. The molecule has 4 aromatic rings. The van der Waals surface area contributed by atoms with Crippen LogP contribution in [-0.4, -0.2) is 44.1 Å². The lowest BCUT2D eigenvalue weighted by molar-refractivity contribution is -0.161. The molecule has 2 fully saturated rings. The molecule has 4 atom stereocenters. The SMILES string of the molecule is COC(=O)[C@]12CN(C(=O)/C=C/c3ccccc3OC)C[C@H]1[C@]1(c3ccc4ccccc4c3)CC[C@H]2c2ccccc21. The van der Waals surface area contributed by atoms with Crippen LogP contribution >= 0.6 is 0 Å². The minimum atomic E-state index is -0.819. The predicted octanol–water partition coefficient (Wildman–Crippen LogP) is 6.36. The second-order valence-electron chi connectivity index (χ2n) is 11.6. The summed E-state index contributed by atoms with van der Waals surface area (Å²) in [7, 11) is 3.11. The Labute approximate surface area is 240 Å². The highest BCUT2D eigenvalue weighted by Gasteiger charge is 2.71. The van der Waals surface area contributed by atoms with Gasteiger partial charge in [0.25, 0.3) is 0 Å². The Kier molecular flexibility index (Phi) is 6.00. The number of hydrogen-bond acceptors (Lipinski definition) is 4. The summed E-state index contributed by atoms with van der Waals surface area (Å²) in [6, 6.07) is 31.4. The predicted molar refractivity (Wildman–Crippen MR) is 160 cm³/mol. The molecule has 3 aliphatic carbocycles. The van der Waals surface area contributed by atoms with Crippen LogP contribution < -0.4 is 4.74 Å². The number of likely N-dealkylation sites (tertiary alicyclic amines) is 1. The zero-order valence-corrected chi connectivity index (χ0v) is 23.4. The number of hydrogen-bond donors (Lipinski definition) is 0. The van der Waals surface area contributed by atoms with Crippen LogP contribution in [-0.2, 0) is 19.7 Å². The van der Waals surface area contributed by atoms with E-state index in [9.17, 15) is 9.59 Å². The van der Waals surface area contributed by atoms with Crippen LogP contribution in [0.15, 0.2) is 97.1 Å². The van der Waals surface area contributed by atoms with E-state index in [2.05, 4.69) is 66.7 Å². The second kappa shape index (κ2) is 9.62. The van der Waals surface area contributed by atoms with Gasteiger partial charge in [0.1, 0.15) is 5.75 Å². The van der Waals surface area contributed by atoms with Crippen molar-refractivity contribution in [2.45, 2.75) is 24.2 Å². The Balaban J connectivity index is 1.37. The maximum absolute atomic E-state index is 14.0. The number of esters is 1. The normalized spacial score (nSPS) is 26.1. The molecule has 0 N–H and O–H groups in total. The summed E-state index contributed by atoms with van der Waals surface area (Å²) < 4.78 is 11.1. The maximum Gasteiger partial charge on any atom is 0.314 e. The first-order chi connectivity index (χ1) is 20.0. The standard InChI is InChI=1S/C36H33NO4/c1-40-31-14-8-5-10-25(31)16-18-33(38)37-22-32-35(27-17-15-24-9-3-4-11-26(24)21-27)20-19-30(28-12-6-7-13-29(28)35)36(32,23-37)34(39)41-2/h3-18,21,30,32H,19-20,22-23H2,1-2H3/b18-16+/t30-,32-,35-,36-/m0/s1. The van der Waals surface area contributed by atoms with Crippen molar-refractivity contribution in [1.82, 2.24) is 4.90 Å². The molecule has 4 aromatic carbocycles. The fourth-order valence-corrected chi connectivity index (χ4v) is 8.33. The van der Waals surface area contributed by atoms with E-state index in [-0.39, 0.29) is 23.7 Å². The molecule has 0 aromatic heterocycles. The van der Waals surface area contributed by atoms with Gasteiger partial charge >= 0.3 is 5.97 Å². The molecule has 1 aliphatic heterocycles. The lowest BCUT2D eigenvalue weighted by Crippen LogP contribution is -2.60. The summed E-state index contributed by atoms with van der Waals surface area (Å²) >= 11 is 0. The third-order valence-corrected chi connectivity index (χ3v) is 10.0. The molecule has 1 heterocycles. The number of amides is 1. The molecular formula is C36H33NO4. The molecule has 41 heavy (non-hydrogen) atoms. The van der Waals surface area contributed by atoms with Gasteiger partial charge in [0.15, 0.2) is 0 Å². The number of rotatable bonds is 5. The zero-order valence-electron chi connectivity index (χ0n) is 23.4. The molecule has 1 saturated carbocycles. The van der Waals surface area contributed by atoms with Crippen molar-refractivity contribution in [2.24, 2.45) is 11.3 Å². The minimum absolute atomic E-state index is 0.00511. The molecule has 4 aliphatic rings. The summed E-state index contributed by atoms with van der Waals surface area (Å²) in [6.07, 6.45) is 5.21. The van der Waals surface area contributed by atoms with Crippen LogP contribution in [0.1, 0.15) is 41.0 Å². The maximum atomic E-state index is 14.0. The van der Waals surface area contributed by atoms with Gasteiger partial charge in [-0.05, 0) is 52.4 Å². The van der Waals surface area contributed by atoms with Crippen molar-refractivity contribution in [3.05, 3.63) is 119 Å². The van der Waals surface area contributed by atoms with Gasteiger partial charge in [-0.25, -0.2) is 0 Å². The van der Waals surface area contributed by atoms with Gasteiger partial charge in [0.05, 0.1) is 19.6 Å². The average Bonchev–Trinajstić information content (AvgIpc) is 3.47. The van der Waals surface area contributed by atoms with Gasteiger partial charge in [0, 0.05) is 42.0 Å². The quantitative estimate of drug-likeness (QED) is 0.217. The number of benzene rings is 4. The first kappa shape index (κ1) is 25.6. The van der Waals surface area contributed by atoms with Crippen molar-refractivity contribution in [2.75, 3.05) is 27.3 Å². The van der Waals surface area contributed by atoms with Crippen LogP contribution in [0.3, 0.4) is 0 Å². The summed E-state index contributed by atoms with van der Waals surface area (Å²) in [5.41, 5.74) is 3.32. The summed E-state index contributed by atoms with van der Waals surface area (Å²) in [5, 5.41) is 2.37. The van der Waals surface area contributed by atoms with E-state index in [1.165, 1.54) is 34.6 Å². The summed E-state index contributed by atoms with van der Waals surface area (Å²) in [4.78, 5) is 29.6. The zero-order chi connectivity index (χ0) is 28.2. The first-order valence-electron chi connectivity index (χ1n) is 14.3. The monoisotopic (exact) mass is 543 g/mol. The minimum Gasteiger partial charge on any atom is -0.496 e. The van der Waals surface area contributed by atoms with Gasteiger partial charge in [0.2, 0.25) is 5.91 Å². The van der Waals surface area contributed by atoms with E-state index in [1.54, 1.807) is 19.3 Å². The highest BCUT2D eigenvalue weighted by molar-refractivity contribution is 5.94. The van der Waals surface area contributed by atoms with Crippen LogP contribution in [0.2, 0.25) is 0 Å². The number of nitrogens with zero attached hydrogens (tertiary/aromatic N) is 1. The molecule has 0 unspecified atom stereocenters. The van der Waals surface area contributed by atoms with E-state index in [0.717, 1.165) is 18.4 Å². The van der Waals surface area contributed by atoms with Crippen LogP contribution in [0.25, 0.3) is 16.8 Å². The van der Waals surface area contributed by atoms with Gasteiger partial charge < -0.3 is 14.4 Å². The Morgan fingerprint density at radius 2 is 1.66 bits per heavy atom. The van der Waals surface area contributed by atoms with E-state index in [0.29, 0.717) is 18.8 Å². The highest BCUT2D eigenvalue weighted by atomic mass is 16.5. The number of fused-ring (bicyclic) bond motifs is 2. The van der Waals surface area contributed by atoms with Crippen LogP contribution in [0, 0.1) is 11.3 Å². The third kappa shape index (κ3) is 3.61. The third-order valence-electron chi connectivity index (χ3n) is 10.0. The molecule has 1 saturated heterocycles. The Bertz CT molecular complexity index is 1710. The summed E-state index contributed by atoms with van der Waals surface area (Å²) in [6.45, 7) is 0.829. The lowest BCUT2D eigenvalue weighted by Gasteiger charge is -2.59. The summed E-state index contributed by atoms with van der Waals surface area (Å²) in [5.74, 6) is 0.276. The van der Waals surface area contributed by atoms with E-state index < -0.39 is 10.8 Å². The van der Waals surface area contributed by atoms with Crippen LogP contribution in [0.5, 0.6) is 5.75 Å². The van der Waals surface area contributed by atoms with Gasteiger partial charge in [-0.15, -0.1) is 0 Å². The lowest BCUT2D eigenvalue weighted by atomic mass is 9.42. The molecule has 2 bridgehead atoms. The molecule has 1 amide bonds. The molecule has 5 nitrogen and oxygen atoms in total. The van der Waals surface area contributed by atoms with Crippen molar-refractivity contribution >= 4 is 28.7 Å². The topological polar surface area (TPSA) is 55.8 Å². The number of carbonyl (C=O) groups excluding carboxylic acids is 2. The Hall–Kier alpha value is -4.38. The Morgan fingerprint density at radius 3 is 2.49 bits per heavy atom. The van der Waals surface area contributed by atoms with Crippen molar-refractivity contribution in [3.8, 4) is 5.75 Å². The van der Waals surface area contributed by atoms with Gasteiger partial charge in [-0.1, -0.05) is 84.9 Å². The Morgan fingerprint density at radius 1 is 0.902 bits per heavy atom. The van der Waals surface area contributed by atoms with Gasteiger partial charge in [-0.2, -0.15) is 0 Å². The molecule has 8 rings (SSSR count). The number of para-hydroxylation sites is 1. The molecule has 0 radical (unpaired) electrons. The largest absolute Gasteiger partial charge is 0.496 e. The molecule has 206 valence electrons. The number of carbonyl (C=O) groups is 2. The molecular weight excluding hydrogens is 510 g/mol. The highest BCUT2D eigenvalue weighted by Crippen LogP contribution is 2.69. The van der Waals surface area contributed by atoms with Crippen LogP contribution in [0.4, 0.5) is 0 Å². The van der Waals surface area contributed by atoms with Crippen molar-refractivity contribution < 1.29 is 19.1 Å². The second-order valence-corrected chi connectivity index (χ2v) is 11.6. The van der Waals surface area contributed by atoms with E-state index in [4.69, 9.17) is 9.47 Å². The average molecular weight is 544 g/mol. The number of ether oxygens (including phenoxy) is 2.